The minimum absolute atomic E-state index is 0.0990. The molecular weight excluding hydrogens is 598 g/mol. The van der Waals surface area contributed by atoms with Crippen molar-refractivity contribution in [2.75, 3.05) is 33.1 Å². The summed E-state index contributed by atoms with van der Waals surface area (Å²) in [5, 5.41) is 26.7. The highest BCUT2D eigenvalue weighted by Gasteiger charge is 2.48. The summed E-state index contributed by atoms with van der Waals surface area (Å²) in [5.74, 6) is 0.534. The predicted molar refractivity (Wildman–Crippen MR) is 166 cm³/mol. The van der Waals surface area contributed by atoms with Gasteiger partial charge >= 0.3 is 0 Å². The summed E-state index contributed by atoms with van der Waals surface area (Å²) in [6, 6.07) is 14.4. The Labute approximate surface area is 262 Å². The number of hydrogen-bond acceptors (Lipinski definition) is 11. The van der Waals surface area contributed by atoms with Crippen LogP contribution in [0.25, 0.3) is 21.8 Å². The first-order valence-electron chi connectivity index (χ1n) is 14.0. The second kappa shape index (κ2) is 12.1. The zero-order chi connectivity index (χ0) is 31.7. The summed E-state index contributed by atoms with van der Waals surface area (Å²) in [6.45, 7) is 0.629. The van der Waals surface area contributed by atoms with Crippen LogP contribution in [0.2, 0.25) is 0 Å². The van der Waals surface area contributed by atoms with Gasteiger partial charge in [0.1, 0.15) is 27.2 Å². The average Bonchev–Trinajstić information content (AvgIpc) is 3.86. The van der Waals surface area contributed by atoms with Gasteiger partial charge in [-0.25, -0.2) is 4.98 Å². The topological polar surface area (TPSA) is 157 Å². The third kappa shape index (κ3) is 5.84. The molecule has 0 radical (unpaired) electrons. The molecule has 14 heteroatoms. The molecule has 0 saturated carbocycles. The van der Waals surface area contributed by atoms with Crippen LogP contribution in [0.1, 0.15) is 28.2 Å². The summed E-state index contributed by atoms with van der Waals surface area (Å²) in [4.78, 5) is 32.3. The Morgan fingerprint density at radius 1 is 1.13 bits per heavy atom. The van der Waals surface area contributed by atoms with Gasteiger partial charge in [0.25, 0.3) is 11.8 Å². The normalized spacial score (nSPS) is 16.2. The fourth-order valence-corrected chi connectivity index (χ4v) is 6.04. The van der Waals surface area contributed by atoms with Crippen molar-refractivity contribution in [2.24, 2.45) is 7.05 Å². The number of likely N-dealkylation sites (tertiary alicyclic amines) is 1. The molecule has 232 valence electrons. The van der Waals surface area contributed by atoms with Crippen LogP contribution in [0.3, 0.4) is 0 Å². The van der Waals surface area contributed by atoms with Gasteiger partial charge in [0.15, 0.2) is 11.5 Å². The van der Waals surface area contributed by atoms with Crippen molar-refractivity contribution in [3.63, 3.8) is 0 Å². The van der Waals surface area contributed by atoms with E-state index >= 15 is 0 Å². The van der Waals surface area contributed by atoms with Crippen LogP contribution >= 0.6 is 11.3 Å². The molecule has 3 N–H and O–H groups in total. The molecular formula is C31H31N7O6S. The number of aromatic nitrogens is 4. The average molecular weight is 630 g/mol. The first-order valence-corrected chi connectivity index (χ1v) is 14.8. The Hall–Kier alpha value is -5.21. The van der Waals surface area contributed by atoms with Gasteiger partial charge in [-0.1, -0.05) is 34.7 Å². The van der Waals surface area contributed by atoms with Crippen LogP contribution in [0.15, 0.2) is 65.4 Å². The molecule has 1 saturated heterocycles. The Morgan fingerprint density at radius 3 is 2.67 bits per heavy atom. The lowest BCUT2D eigenvalue weighted by molar-refractivity contribution is -0.144. The number of aryl methyl sites for hydroxylation is 1. The highest BCUT2D eigenvalue weighted by Crippen LogP contribution is 2.38. The zero-order valence-corrected chi connectivity index (χ0v) is 25.8. The van der Waals surface area contributed by atoms with Crippen molar-refractivity contribution in [3.8, 4) is 33.3 Å². The molecule has 2 aromatic carbocycles. The number of methoxy groups -OCH3 is 2. The van der Waals surface area contributed by atoms with Gasteiger partial charge in [0, 0.05) is 68.6 Å². The number of anilines is 2. The Morgan fingerprint density at radius 2 is 1.96 bits per heavy atom. The molecule has 1 aliphatic rings. The van der Waals surface area contributed by atoms with Gasteiger partial charge in [0.2, 0.25) is 5.60 Å². The van der Waals surface area contributed by atoms with Crippen molar-refractivity contribution >= 4 is 33.8 Å². The first-order chi connectivity index (χ1) is 21.7. The molecule has 0 spiro atoms. The van der Waals surface area contributed by atoms with Crippen LogP contribution in [0.4, 0.5) is 10.7 Å². The second-order valence-corrected chi connectivity index (χ2v) is 11.6. The third-order valence-electron chi connectivity index (χ3n) is 7.57. The molecule has 5 aromatic rings. The SMILES string of the molecule is COc1ccc(CNC(=O)c2nc(-c3cccc(-c4cc([C@]5(O)CCN(C)C5=O)on4)c3)sc2Nc2cnn(C)c2)c(OC)c1. The van der Waals surface area contributed by atoms with E-state index in [9.17, 15) is 14.7 Å². The van der Waals surface area contributed by atoms with Crippen LogP contribution in [0, 0.1) is 0 Å². The molecule has 6 rings (SSSR count). The Kier molecular flexibility index (Phi) is 7.99. The number of aliphatic hydroxyl groups is 1. The Bertz CT molecular complexity index is 1880. The lowest BCUT2D eigenvalue weighted by Gasteiger charge is -2.16. The standard InChI is InChI=1S/C31H31N7O6S/c1-37-11-10-31(41,30(37)40)25-14-23(36-44-25)18-6-5-7-19(12-18)28-35-26(29(45-28)34-21-16-33-38(2)17-21)27(39)32-15-20-8-9-22(42-3)13-24(20)43-4/h5-9,12-14,16-17,34,41H,10-11,15H2,1-4H3,(H,32,39)/t31-/m1/s1. The number of nitrogens with one attached hydrogen (secondary N) is 2. The summed E-state index contributed by atoms with van der Waals surface area (Å²) < 4.78 is 17.8. The van der Waals surface area contributed by atoms with Crippen molar-refractivity contribution in [1.29, 1.82) is 0 Å². The second-order valence-electron chi connectivity index (χ2n) is 10.6. The molecule has 1 atom stereocenters. The van der Waals surface area contributed by atoms with Crippen LogP contribution in [-0.2, 0) is 24.0 Å². The molecule has 13 nitrogen and oxygen atoms in total. The number of nitrogens with zero attached hydrogens (tertiary/aromatic N) is 5. The fourth-order valence-electron chi connectivity index (χ4n) is 5.06. The van der Waals surface area contributed by atoms with E-state index in [1.807, 2.05) is 30.3 Å². The smallest absolute Gasteiger partial charge is 0.273 e. The van der Waals surface area contributed by atoms with Crippen LogP contribution < -0.4 is 20.1 Å². The summed E-state index contributed by atoms with van der Waals surface area (Å²) in [7, 11) is 6.58. The molecule has 0 aliphatic carbocycles. The number of carbonyl (C=O) groups excluding carboxylic acids is 2. The molecule has 1 fully saturated rings. The highest BCUT2D eigenvalue weighted by atomic mass is 32.1. The lowest BCUT2D eigenvalue weighted by atomic mass is 9.98. The fraction of sp³-hybridized carbons (Fsp3) is 0.258. The number of likely N-dealkylation sites (N-methyl/N-ethyl adjacent to an activating group) is 1. The van der Waals surface area contributed by atoms with E-state index in [4.69, 9.17) is 19.0 Å². The number of rotatable bonds is 10. The summed E-state index contributed by atoms with van der Waals surface area (Å²) >= 11 is 1.31. The van der Waals surface area contributed by atoms with Gasteiger partial charge in [-0.05, 0) is 18.2 Å². The first kappa shape index (κ1) is 29.8. The molecule has 0 unspecified atom stereocenters. The number of amides is 2. The van der Waals surface area contributed by atoms with Crippen molar-refractivity contribution in [2.45, 2.75) is 18.6 Å². The van der Waals surface area contributed by atoms with Gasteiger partial charge in [0.05, 0.1) is 26.1 Å². The minimum atomic E-state index is -1.74. The van der Waals surface area contributed by atoms with E-state index in [0.717, 1.165) is 11.1 Å². The van der Waals surface area contributed by atoms with E-state index in [2.05, 4.69) is 20.9 Å². The van der Waals surface area contributed by atoms with E-state index in [0.29, 0.717) is 45.0 Å². The zero-order valence-electron chi connectivity index (χ0n) is 25.0. The number of benzene rings is 2. The monoisotopic (exact) mass is 629 g/mol. The maximum atomic E-state index is 13.5. The minimum Gasteiger partial charge on any atom is -0.497 e. The van der Waals surface area contributed by atoms with Gasteiger partial charge in [-0.15, -0.1) is 0 Å². The molecule has 45 heavy (non-hydrogen) atoms. The van der Waals surface area contributed by atoms with E-state index in [-0.39, 0.29) is 30.3 Å². The number of thiazole rings is 1. The predicted octanol–water partition coefficient (Wildman–Crippen LogP) is 3.94. The van der Waals surface area contributed by atoms with E-state index < -0.39 is 11.5 Å². The largest absolute Gasteiger partial charge is 0.497 e. The highest BCUT2D eigenvalue weighted by molar-refractivity contribution is 7.19. The van der Waals surface area contributed by atoms with Gasteiger partial charge in [-0.3, -0.25) is 14.3 Å². The molecule has 1 aliphatic heterocycles. The lowest BCUT2D eigenvalue weighted by Crippen LogP contribution is -2.35. The van der Waals surface area contributed by atoms with Gasteiger partial charge < -0.3 is 34.6 Å². The van der Waals surface area contributed by atoms with Crippen molar-refractivity contribution in [3.05, 3.63) is 77.9 Å². The number of hydrogen-bond donors (Lipinski definition) is 3. The maximum Gasteiger partial charge on any atom is 0.273 e. The molecule has 0 bridgehead atoms. The van der Waals surface area contributed by atoms with Crippen molar-refractivity contribution < 1.29 is 28.7 Å². The summed E-state index contributed by atoms with van der Waals surface area (Å²) in [6.07, 6.45) is 3.68. The van der Waals surface area contributed by atoms with E-state index in [1.54, 1.807) is 63.6 Å². The van der Waals surface area contributed by atoms with Crippen LogP contribution in [0.5, 0.6) is 11.5 Å². The third-order valence-corrected chi connectivity index (χ3v) is 8.59. The Balaban J connectivity index is 1.29. The van der Waals surface area contributed by atoms with E-state index in [1.165, 1.54) is 16.2 Å². The van der Waals surface area contributed by atoms with Gasteiger partial charge in [-0.2, -0.15) is 5.10 Å². The molecule has 2 amide bonds. The molecule has 3 aromatic heterocycles. The van der Waals surface area contributed by atoms with Crippen molar-refractivity contribution in [1.82, 2.24) is 30.1 Å². The number of ether oxygens (including phenoxy) is 2. The summed E-state index contributed by atoms with van der Waals surface area (Å²) in [5.41, 5.74) is 1.84. The molecule has 4 heterocycles. The quantitative estimate of drug-likeness (QED) is 0.207. The number of carbonyl (C=O) groups is 2. The van der Waals surface area contributed by atoms with Crippen LogP contribution in [-0.4, -0.2) is 69.6 Å². The maximum absolute atomic E-state index is 13.5.